The molecule has 2 atom stereocenters. The van der Waals surface area contributed by atoms with Crippen molar-refractivity contribution in [3.8, 4) is 5.75 Å². The van der Waals surface area contributed by atoms with Gasteiger partial charge in [-0.3, -0.25) is 14.8 Å². The average Bonchev–Trinajstić information content (AvgIpc) is 3.53. The van der Waals surface area contributed by atoms with Crippen LogP contribution in [-0.4, -0.2) is 66.3 Å². The number of nitrogens with one attached hydrogen (secondary N) is 2. The molecular weight excluding hydrogens is 492 g/mol. The lowest BCUT2D eigenvalue weighted by Gasteiger charge is -2.41. The largest absolute Gasteiger partial charge is 0.493 e. The number of hydrogen-bond donors (Lipinski definition) is 2. The number of aromatic amines is 1. The lowest BCUT2D eigenvalue weighted by Crippen LogP contribution is -2.50. The molecule has 0 spiro atoms. The number of fused-ring (bicyclic) bond motifs is 2. The Kier molecular flexibility index (Phi) is 6.64. The summed E-state index contributed by atoms with van der Waals surface area (Å²) in [4.78, 5) is 27.5. The van der Waals surface area contributed by atoms with Gasteiger partial charge in [0.25, 0.3) is 5.91 Å². The van der Waals surface area contributed by atoms with Crippen molar-refractivity contribution in [3.63, 3.8) is 0 Å². The van der Waals surface area contributed by atoms with Gasteiger partial charge in [0.2, 0.25) is 5.95 Å². The summed E-state index contributed by atoms with van der Waals surface area (Å²) in [5, 5.41) is 14.2. The normalized spacial score (nSPS) is 19.3. The lowest BCUT2D eigenvalue weighted by atomic mass is 9.96. The minimum absolute atomic E-state index is 0.0213. The first kappa shape index (κ1) is 25.2. The van der Waals surface area contributed by atoms with E-state index >= 15 is 0 Å². The third kappa shape index (κ3) is 5.04. The van der Waals surface area contributed by atoms with Crippen LogP contribution >= 0.6 is 0 Å². The van der Waals surface area contributed by atoms with Gasteiger partial charge in [0.1, 0.15) is 11.3 Å². The second kappa shape index (κ2) is 10.3. The Bertz CT molecular complexity index is 1510. The Hall–Kier alpha value is -4.05. The number of H-pyrrole nitrogens is 1. The summed E-state index contributed by atoms with van der Waals surface area (Å²) >= 11 is 0. The monoisotopic (exact) mass is 526 g/mol. The minimum atomic E-state index is -0.0213. The Balaban J connectivity index is 1.12. The molecule has 6 rings (SSSR count). The van der Waals surface area contributed by atoms with Crippen molar-refractivity contribution in [1.29, 1.82) is 0 Å². The number of ether oxygens (including phenoxy) is 1. The minimum Gasteiger partial charge on any atom is -0.493 e. The summed E-state index contributed by atoms with van der Waals surface area (Å²) in [6.07, 6.45) is 3.75. The average molecular weight is 527 g/mol. The van der Waals surface area contributed by atoms with Crippen LogP contribution in [0.4, 0.5) is 11.6 Å². The number of likely N-dealkylation sites (tertiary alicyclic amines) is 1. The van der Waals surface area contributed by atoms with Crippen molar-refractivity contribution in [2.24, 2.45) is 0 Å². The Labute approximate surface area is 227 Å². The van der Waals surface area contributed by atoms with Crippen LogP contribution in [0.25, 0.3) is 11.0 Å². The first-order valence-corrected chi connectivity index (χ1v) is 13.6. The summed E-state index contributed by atoms with van der Waals surface area (Å²) in [6, 6.07) is 10.4. The van der Waals surface area contributed by atoms with E-state index in [0.29, 0.717) is 42.0 Å². The van der Waals surface area contributed by atoms with Crippen LogP contribution in [0.2, 0.25) is 0 Å². The predicted octanol–water partition coefficient (Wildman–Crippen LogP) is 4.52. The molecule has 4 aromatic rings. The highest BCUT2D eigenvalue weighted by Crippen LogP contribution is 2.32. The molecular formula is C29H34N8O2. The van der Waals surface area contributed by atoms with Crippen LogP contribution in [0.5, 0.6) is 5.75 Å². The van der Waals surface area contributed by atoms with Crippen LogP contribution in [0.3, 0.4) is 0 Å². The first-order chi connectivity index (χ1) is 18.9. The number of piperidine rings is 1. The molecule has 39 heavy (non-hydrogen) atoms. The molecule has 202 valence electrons. The number of anilines is 2. The molecule has 1 fully saturated rings. The molecule has 4 heterocycles. The van der Waals surface area contributed by atoms with Crippen molar-refractivity contribution in [3.05, 3.63) is 64.5 Å². The number of carbonyl (C=O) groups is 1. The van der Waals surface area contributed by atoms with Gasteiger partial charge in [0.05, 0.1) is 23.4 Å². The first-order valence-electron chi connectivity index (χ1n) is 13.6. The zero-order chi connectivity index (χ0) is 27.1. The van der Waals surface area contributed by atoms with Gasteiger partial charge in [-0.25, -0.2) is 9.97 Å². The van der Waals surface area contributed by atoms with Gasteiger partial charge in [0.15, 0.2) is 0 Å². The van der Waals surface area contributed by atoms with E-state index in [-0.39, 0.29) is 11.9 Å². The summed E-state index contributed by atoms with van der Waals surface area (Å²) in [7, 11) is 0. The van der Waals surface area contributed by atoms with E-state index in [4.69, 9.17) is 9.72 Å². The van der Waals surface area contributed by atoms with E-state index in [1.54, 1.807) is 6.07 Å². The topological polar surface area (TPSA) is 112 Å². The molecule has 0 unspecified atom stereocenters. The second-order valence-electron chi connectivity index (χ2n) is 10.7. The van der Waals surface area contributed by atoms with Gasteiger partial charge in [-0.15, -0.1) is 5.10 Å². The van der Waals surface area contributed by atoms with E-state index in [1.807, 2.05) is 24.1 Å². The number of carbonyl (C=O) groups excluding carboxylic acids is 1. The van der Waals surface area contributed by atoms with Crippen molar-refractivity contribution >= 4 is 28.6 Å². The molecule has 10 nitrogen and oxygen atoms in total. The molecule has 2 aliphatic heterocycles. The molecule has 1 saturated heterocycles. The fourth-order valence-corrected chi connectivity index (χ4v) is 5.92. The zero-order valence-electron chi connectivity index (χ0n) is 22.9. The Morgan fingerprint density at radius 2 is 1.97 bits per heavy atom. The molecule has 0 aliphatic carbocycles. The molecule has 10 heteroatoms. The highest BCUT2D eigenvalue weighted by molar-refractivity contribution is 6.00. The number of aromatic nitrogens is 5. The predicted molar refractivity (Wildman–Crippen MR) is 149 cm³/mol. The highest BCUT2D eigenvalue weighted by Gasteiger charge is 2.36. The molecule has 0 saturated carbocycles. The van der Waals surface area contributed by atoms with Crippen molar-refractivity contribution < 1.29 is 9.53 Å². The van der Waals surface area contributed by atoms with Crippen LogP contribution in [0.1, 0.15) is 59.4 Å². The summed E-state index contributed by atoms with van der Waals surface area (Å²) in [5.41, 5.74) is 7.62. The number of amides is 1. The third-order valence-corrected chi connectivity index (χ3v) is 7.74. The summed E-state index contributed by atoms with van der Waals surface area (Å²) in [6.45, 7) is 11.0. The molecule has 0 radical (unpaired) electrons. The third-order valence-electron chi connectivity index (χ3n) is 7.74. The maximum Gasteiger partial charge on any atom is 0.257 e. The molecule has 1 amide bonds. The number of nitrogens with zero attached hydrogens (tertiary/aromatic N) is 6. The fraction of sp³-hybridized carbons (Fsp3) is 0.414. The van der Waals surface area contributed by atoms with Gasteiger partial charge in [-0.1, -0.05) is 11.3 Å². The number of rotatable bonds is 6. The second-order valence-corrected chi connectivity index (χ2v) is 10.7. The van der Waals surface area contributed by atoms with Crippen molar-refractivity contribution in [1.82, 2.24) is 35.2 Å². The van der Waals surface area contributed by atoms with E-state index in [1.165, 1.54) is 16.7 Å². The van der Waals surface area contributed by atoms with Crippen molar-refractivity contribution in [2.75, 3.05) is 18.5 Å². The molecule has 2 aromatic heterocycles. The van der Waals surface area contributed by atoms with Crippen LogP contribution in [0.15, 0.2) is 36.5 Å². The molecule has 0 bridgehead atoms. The van der Waals surface area contributed by atoms with Gasteiger partial charge in [-0.05, 0) is 69.9 Å². The highest BCUT2D eigenvalue weighted by atomic mass is 16.5. The Morgan fingerprint density at radius 1 is 1.15 bits per heavy atom. The van der Waals surface area contributed by atoms with E-state index in [2.05, 4.69) is 69.6 Å². The SMILES string of the molecule is CCOc1cc2[nH]nnc2cc1C(=O)N1CC[C@H](N2Cc3cnc(Nc4cc(C)cc(C)c4)nc3C2)C[C@H]1C. The molecule has 2 N–H and O–H groups in total. The number of aryl methyl sites for hydroxylation is 2. The van der Waals surface area contributed by atoms with E-state index in [0.717, 1.165) is 42.8 Å². The van der Waals surface area contributed by atoms with Crippen molar-refractivity contribution in [2.45, 2.75) is 65.7 Å². The molecule has 2 aromatic carbocycles. The number of hydrogen-bond acceptors (Lipinski definition) is 8. The standard InChI is InChI=1S/C29H34N8O2/c1-5-39-27-13-25-24(33-35-34-25)12-23(27)28(38)37-7-6-22(11-19(37)4)36-15-20-14-30-29(32-26(20)16-36)31-21-9-17(2)8-18(3)10-21/h8-10,12-14,19,22H,5-7,11,15-16H2,1-4H3,(H,30,31,32)(H,33,34,35)/t19-,22+/m1/s1. The van der Waals surface area contributed by atoms with Crippen LogP contribution in [-0.2, 0) is 13.1 Å². The Morgan fingerprint density at radius 3 is 2.74 bits per heavy atom. The van der Waals surface area contributed by atoms with Gasteiger partial charge < -0.3 is 15.0 Å². The van der Waals surface area contributed by atoms with Gasteiger partial charge in [0, 0.05) is 55.2 Å². The smallest absolute Gasteiger partial charge is 0.257 e. The number of benzene rings is 2. The van der Waals surface area contributed by atoms with Gasteiger partial charge in [-0.2, -0.15) is 0 Å². The zero-order valence-corrected chi connectivity index (χ0v) is 22.9. The fourth-order valence-electron chi connectivity index (χ4n) is 5.92. The molecule has 2 aliphatic rings. The quantitative estimate of drug-likeness (QED) is 0.377. The van der Waals surface area contributed by atoms with Gasteiger partial charge >= 0.3 is 0 Å². The van der Waals surface area contributed by atoms with E-state index < -0.39 is 0 Å². The maximum absolute atomic E-state index is 13.7. The van der Waals surface area contributed by atoms with Crippen LogP contribution in [0, 0.1) is 13.8 Å². The maximum atomic E-state index is 13.7. The summed E-state index contributed by atoms with van der Waals surface area (Å²) < 4.78 is 5.81. The van der Waals surface area contributed by atoms with Crippen LogP contribution < -0.4 is 10.1 Å². The van der Waals surface area contributed by atoms with E-state index in [9.17, 15) is 4.79 Å². The summed E-state index contributed by atoms with van der Waals surface area (Å²) in [5.74, 6) is 1.17. The lowest BCUT2D eigenvalue weighted by molar-refractivity contribution is 0.0457.